The smallest absolute Gasteiger partial charge is 0.00865 e. The van der Waals surface area contributed by atoms with Crippen molar-refractivity contribution in [2.45, 2.75) is 38.5 Å². The van der Waals surface area contributed by atoms with E-state index in [1.165, 1.54) is 31.2 Å². The van der Waals surface area contributed by atoms with Crippen molar-refractivity contribution < 1.29 is 0 Å². The molecule has 1 nitrogen and oxygen atoms in total. The molecule has 0 amide bonds. The summed E-state index contributed by atoms with van der Waals surface area (Å²) >= 11 is 0. The third-order valence-corrected chi connectivity index (χ3v) is 2.84. The Labute approximate surface area is 106 Å². The molecule has 0 bridgehead atoms. The van der Waals surface area contributed by atoms with Gasteiger partial charge in [-0.3, -0.25) is 0 Å². The van der Waals surface area contributed by atoms with Crippen LogP contribution in [0.3, 0.4) is 0 Å². The summed E-state index contributed by atoms with van der Waals surface area (Å²) in [4.78, 5) is 0. The highest BCUT2D eigenvalue weighted by molar-refractivity contribution is 5.14. The Morgan fingerprint density at radius 1 is 0.941 bits per heavy atom. The van der Waals surface area contributed by atoms with E-state index < -0.39 is 0 Å². The van der Waals surface area contributed by atoms with E-state index >= 15 is 0 Å². The zero-order chi connectivity index (χ0) is 12.2. The van der Waals surface area contributed by atoms with Crippen molar-refractivity contribution in [1.82, 2.24) is 5.32 Å². The lowest BCUT2D eigenvalue weighted by Crippen LogP contribution is -2.16. The summed E-state index contributed by atoms with van der Waals surface area (Å²) < 4.78 is 0. The third-order valence-electron chi connectivity index (χ3n) is 2.84. The monoisotopic (exact) mass is 229 g/mol. The van der Waals surface area contributed by atoms with Gasteiger partial charge in [0.15, 0.2) is 0 Å². The third kappa shape index (κ3) is 7.60. The first kappa shape index (κ1) is 13.8. The fourth-order valence-electron chi connectivity index (χ4n) is 1.83. The maximum Gasteiger partial charge on any atom is 0.00865 e. The summed E-state index contributed by atoms with van der Waals surface area (Å²) in [6.07, 6.45) is 12.2. The highest BCUT2D eigenvalue weighted by Gasteiger charge is 1.92. The van der Waals surface area contributed by atoms with Gasteiger partial charge in [-0.05, 0) is 50.8 Å². The van der Waals surface area contributed by atoms with E-state index in [1.54, 1.807) is 0 Å². The summed E-state index contributed by atoms with van der Waals surface area (Å²) in [5.74, 6) is 2.67. The van der Waals surface area contributed by atoms with Crippen molar-refractivity contribution in [2.75, 3.05) is 13.1 Å². The maximum absolute atomic E-state index is 5.19. The molecular formula is C16H23N. The summed E-state index contributed by atoms with van der Waals surface area (Å²) in [6, 6.07) is 10.7. The molecule has 0 saturated heterocycles. The van der Waals surface area contributed by atoms with Crippen LogP contribution in [0.1, 0.15) is 37.7 Å². The lowest BCUT2D eigenvalue weighted by molar-refractivity contribution is 0.593. The van der Waals surface area contributed by atoms with Crippen molar-refractivity contribution in [3.63, 3.8) is 0 Å². The predicted octanol–water partition coefficient (Wildman–Crippen LogP) is 3.40. The Morgan fingerprint density at radius 3 is 2.35 bits per heavy atom. The summed E-state index contributed by atoms with van der Waals surface area (Å²) in [5.41, 5.74) is 1.45. The number of nitrogens with one attached hydrogen (secondary N) is 1. The number of rotatable bonds is 9. The van der Waals surface area contributed by atoms with E-state index in [9.17, 15) is 0 Å². The standard InChI is InChI=1S/C16H23N/c1-2-3-4-9-14-17-15-10-8-13-16-11-6-5-7-12-16/h1,5-7,11-12,17H,3-4,8-10,13-15H2. The summed E-state index contributed by atoms with van der Waals surface area (Å²) in [5, 5.41) is 3.46. The molecule has 92 valence electrons. The second kappa shape index (κ2) is 9.93. The van der Waals surface area contributed by atoms with Crippen molar-refractivity contribution >= 4 is 0 Å². The van der Waals surface area contributed by atoms with E-state index in [2.05, 4.69) is 41.6 Å². The number of benzene rings is 1. The van der Waals surface area contributed by atoms with Crippen LogP contribution in [0.15, 0.2) is 30.3 Å². The van der Waals surface area contributed by atoms with E-state index in [1.807, 2.05) is 0 Å². The van der Waals surface area contributed by atoms with Gasteiger partial charge in [0, 0.05) is 6.42 Å². The van der Waals surface area contributed by atoms with Crippen LogP contribution in [0, 0.1) is 12.3 Å². The zero-order valence-corrected chi connectivity index (χ0v) is 10.6. The molecular weight excluding hydrogens is 206 g/mol. The van der Waals surface area contributed by atoms with Crippen LogP contribution in [0.2, 0.25) is 0 Å². The molecule has 0 heterocycles. The minimum atomic E-state index is 0.912. The van der Waals surface area contributed by atoms with Gasteiger partial charge in [0.25, 0.3) is 0 Å². The molecule has 0 aliphatic carbocycles. The molecule has 0 radical (unpaired) electrons. The van der Waals surface area contributed by atoms with Crippen molar-refractivity contribution in [3.8, 4) is 12.3 Å². The van der Waals surface area contributed by atoms with Crippen LogP contribution in [-0.4, -0.2) is 13.1 Å². The Morgan fingerprint density at radius 2 is 1.65 bits per heavy atom. The number of aryl methyl sites for hydroxylation is 1. The van der Waals surface area contributed by atoms with Gasteiger partial charge in [0.2, 0.25) is 0 Å². The molecule has 0 aliphatic heterocycles. The van der Waals surface area contributed by atoms with Gasteiger partial charge in [-0.2, -0.15) is 0 Å². The molecule has 1 aromatic rings. The van der Waals surface area contributed by atoms with E-state index in [4.69, 9.17) is 6.42 Å². The predicted molar refractivity (Wildman–Crippen MR) is 74.9 cm³/mol. The number of terminal acetylenes is 1. The molecule has 0 saturated carbocycles. The first-order valence-electron chi connectivity index (χ1n) is 6.61. The largest absolute Gasteiger partial charge is 0.317 e. The normalized spacial score (nSPS) is 10.1. The van der Waals surface area contributed by atoms with E-state index in [-0.39, 0.29) is 0 Å². The highest BCUT2D eigenvalue weighted by atomic mass is 14.8. The molecule has 0 spiro atoms. The molecule has 0 aromatic heterocycles. The minimum Gasteiger partial charge on any atom is -0.317 e. The average Bonchev–Trinajstić information content (AvgIpc) is 2.38. The Hall–Kier alpha value is -1.26. The minimum absolute atomic E-state index is 0.912. The second-order valence-electron chi connectivity index (χ2n) is 4.35. The summed E-state index contributed by atoms with van der Waals surface area (Å²) in [7, 11) is 0. The molecule has 0 atom stereocenters. The molecule has 1 N–H and O–H groups in total. The number of hydrogen-bond acceptors (Lipinski definition) is 1. The van der Waals surface area contributed by atoms with Gasteiger partial charge in [0.05, 0.1) is 0 Å². The van der Waals surface area contributed by atoms with Crippen LogP contribution in [0.4, 0.5) is 0 Å². The quantitative estimate of drug-likeness (QED) is 0.505. The first-order chi connectivity index (χ1) is 8.43. The SMILES string of the molecule is C#CCCCCNCCCCc1ccccc1. The molecule has 1 heteroatoms. The molecule has 1 rings (SSSR count). The van der Waals surface area contributed by atoms with Gasteiger partial charge < -0.3 is 5.32 Å². The fraction of sp³-hybridized carbons (Fsp3) is 0.500. The molecule has 1 aromatic carbocycles. The van der Waals surface area contributed by atoms with Gasteiger partial charge >= 0.3 is 0 Å². The van der Waals surface area contributed by atoms with E-state index in [0.717, 1.165) is 25.9 Å². The van der Waals surface area contributed by atoms with Crippen LogP contribution in [0.25, 0.3) is 0 Å². The molecule has 0 aliphatic rings. The van der Waals surface area contributed by atoms with Crippen LogP contribution in [0.5, 0.6) is 0 Å². The molecule has 0 fully saturated rings. The lowest BCUT2D eigenvalue weighted by Gasteiger charge is -2.04. The Balaban J connectivity index is 1.87. The van der Waals surface area contributed by atoms with Crippen molar-refractivity contribution in [2.24, 2.45) is 0 Å². The zero-order valence-electron chi connectivity index (χ0n) is 10.6. The van der Waals surface area contributed by atoms with Gasteiger partial charge in [0.1, 0.15) is 0 Å². The average molecular weight is 229 g/mol. The van der Waals surface area contributed by atoms with Crippen LogP contribution < -0.4 is 5.32 Å². The van der Waals surface area contributed by atoms with Crippen molar-refractivity contribution in [1.29, 1.82) is 0 Å². The number of hydrogen-bond donors (Lipinski definition) is 1. The first-order valence-corrected chi connectivity index (χ1v) is 6.61. The Bertz CT molecular complexity index is 310. The summed E-state index contributed by atoms with van der Waals surface area (Å²) in [6.45, 7) is 2.23. The maximum atomic E-state index is 5.19. The topological polar surface area (TPSA) is 12.0 Å². The lowest BCUT2D eigenvalue weighted by atomic mass is 10.1. The molecule has 17 heavy (non-hydrogen) atoms. The second-order valence-corrected chi connectivity index (χ2v) is 4.35. The van der Waals surface area contributed by atoms with Crippen LogP contribution >= 0.6 is 0 Å². The van der Waals surface area contributed by atoms with Crippen LogP contribution in [-0.2, 0) is 6.42 Å². The number of unbranched alkanes of at least 4 members (excludes halogenated alkanes) is 3. The highest BCUT2D eigenvalue weighted by Crippen LogP contribution is 2.03. The van der Waals surface area contributed by atoms with Gasteiger partial charge in [-0.1, -0.05) is 30.3 Å². The Kier molecular flexibility index (Phi) is 8.06. The van der Waals surface area contributed by atoms with Gasteiger partial charge in [-0.15, -0.1) is 12.3 Å². The fourth-order valence-corrected chi connectivity index (χ4v) is 1.83. The van der Waals surface area contributed by atoms with E-state index in [0.29, 0.717) is 0 Å². The van der Waals surface area contributed by atoms with Gasteiger partial charge in [-0.25, -0.2) is 0 Å². The molecule has 0 unspecified atom stereocenters. The van der Waals surface area contributed by atoms with Crippen molar-refractivity contribution in [3.05, 3.63) is 35.9 Å².